The number of amides is 1. The van der Waals surface area contributed by atoms with Gasteiger partial charge in [-0.15, -0.1) is 0 Å². The first-order chi connectivity index (χ1) is 9.79. The van der Waals surface area contributed by atoms with Crippen molar-refractivity contribution in [2.24, 2.45) is 0 Å². The van der Waals surface area contributed by atoms with Gasteiger partial charge < -0.3 is 15.4 Å². The highest BCUT2D eigenvalue weighted by atomic mass is 16.5. The second-order valence-corrected chi connectivity index (χ2v) is 5.31. The molecule has 1 aromatic rings. The SMILES string of the molecule is COCc1ccccc1CNC(=O)CCC1CCCN1. The van der Waals surface area contributed by atoms with Crippen molar-refractivity contribution in [2.45, 2.75) is 44.9 Å². The Morgan fingerprint density at radius 2 is 2.20 bits per heavy atom. The van der Waals surface area contributed by atoms with Crippen molar-refractivity contribution in [3.05, 3.63) is 35.4 Å². The highest BCUT2D eigenvalue weighted by Crippen LogP contribution is 2.12. The maximum Gasteiger partial charge on any atom is 0.220 e. The van der Waals surface area contributed by atoms with Crippen LogP contribution in [0.5, 0.6) is 0 Å². The van der Waals surface area contributed by atoms with E-state index in [9.17, 15) is 4.79 Å². The lowest BCUT2D eigenvalue weighted by atomic mass is 10.1. The maximum absolute atomic E-state index is 11.9. The zero-order valence-corrected chi connectivity index (χ0v) is 12.2. The molecule has 0 spiro atoms. The van der Waals surface area contributed by atoms with Gasteiger partial charge in [-0.1, -0.05) is 24.3 Å². The molecule has 0 bridgehead atoms. The average Bonchev–Trinajstić information content (AvgIpc) is 2.98. The molecule has 4 heteroatoms. The molecule has 20 heavy (non-hydrogen) atoms. The van der Waals surface area contributed by atoms with Gasteiger partial charge in [-0.3, -0.25) is 4.79 Å². The van der Waals surface area contributed by atoms with Crippen LogP contribution in [0.3, 0.4) is 0 Å². The lowest BCUT2D eigenvalue weighted by Crippen LogP contribution is -2.27. The van der Waals surface area contributed by atoms with Crippen LogP contribution in [0.4, 0.5) is 0 Å². The summed E-state index contributed by atoms with van der Waals surface area (Å²) in [6.07, 6.45) is 3.97. The Morgan fingerprint density at radius 1 is 1.40 bits per heavy atom. The van der Waals surface area contributed by atoms with E-state index in [2.05, 4.69) is 10.6 Å². The maximum atomic E-state index is 11.9. The van der Waals surface area contributed by atoms with Gasteiger partial charge in [-0.05, 0) is 36.9 Å². The summed E-state index contributed by atoms with van der Waals surface area (Å²) in [7, 11) is 1.68. The number of nitrogens with one attached hydrogen (secondary N) is 2. The molecule has 110 valence electrons. The second-order valence-electron chi connectivity index (χ2n) is 5.31. The number of hydrogen-bond donors (Lipinski definition) is 2. The highest BCUT2D eigenvalue weighted by Gasteiger charge is 2.15. The summed E-state index contributed by atoms with van der Waals surface area (Å²) in [5.74, 6) is 0.130. The summed E-state index contributed by atoms with van der Waals surface area (Å²) >= 11 is 0. The molecule has 2 N–H and O–H groups in total. The fourth-order valence-corrected chi connectivity index (χ4v) is 2.62. The Kier molecular flexibility index (Phi) is 6.02. The standard InChI is InChI=1S/C16H24N2O2/c1-20-12-14-6-3-2-5-13(14)11-18-16(19)9-8-15-7-4-10-17-15/h2-3,5-6,15,17H,4,7-12H2,1H3,(H,18,19). The first-order valence-electron chi connectivity index (χ1n) is 7.35. The van der Waals surface area contributed by atoms with Gasteiger partial charge in [-0.25, -0.2) is 0 Å². The summed E-state index contributed by atoms with van der Waals surface area (Å²) in [5.41, 5.74) is 2.26. The van der Waals surface area contributed by atoms with Gasteiger partial charge in [0.25, 0.3) is 0 Å². The molecule has 1 aliphatic rings. The molecule has 1 atom stereocenters. The minimum Gasteiger partial charge on any atom is -0.380 e. The Balaban J connectivity index is 1.74. The minimum atomic E-state index is 0.130. The third-order valence-electron chi connectivity index (χ3n) is 3.78. The largest absolute Gasteiger partial charge is 0.380 e. The fourth-order valence-electron chi connectivity index (χ4n) is 2.62. The molecule has 1 aromatic carbocycles. The number of methoxy groups -OCH3 is 1. The van der Waals surface area contributed by atoms with Gasteiger partial charge in [0.15, 0.2) is 0 Å². The van der Waals surface area contributed by atoms with Crippen molar-refractivity contribution >= 4 is 5.91 Å². The number of benzene rings is 1. The predicted molar refractivity (Wildman–Crippen MR) is 79.3 cm³/mol. The number of carbonyl (C=O) groups is 1. The molecule has 0 aromatic heterocycles. The van der Waals surface area contributed by atoms with Gasteiger partial charge in [0, 0.05) is 26.1 Å². The molecular weight excluding hydrogens is 252 g/mol. The van der Waals surface area contributed by atoms with E-state index < -0.39 is 0 Å². The Hall–Kier alpha value is -1.39. The van der Waals surface area contributed by atoms with Gasteiger partial charge in [0.1, 0.15) is 0 Å². The Bertz CT molecular complexity index is 428. The van der Waals surface area contributed by atoms with E-state index in [4.69, 9.17) is 4.74 Å². The molecule has 1 fully saturated rings. The summed E-state index contributed by atoms with van der Waals surface area (Å²) in [6.45, 7) is 2.26. The molecular formula is C16H24N2O2. The van der Waals surface area contributed by atoms with Crippen LogP contribution < -0.4 is 10.6 Å². The molecule has 1 saturated heterocycles. The summed E-state index contributed by atoms with van der Waals surface area (Å²) < 4.78 is 5.17. The van der Waals surface area contributed by atoms with Crippen LogP contribution in [0.15, 0.2) is 24.3 Å². The summed E-state index contributed by atoms with van der Waals surface area (Å²) in [6, 6.07) is 8.58. The second kappa shape index (κ2) is 8.02. The first kappa shape index (κ1) is 15.0. The van der Waals surface area contributed by atoms with Crippen molar-refractivity contribution in [2.75, 3.05) is 13.7 Å². The lowest BCUT2D eigenvalue weighted by Gasteiger charge is -2.12. The summed E-state index contributed by atoms with van der Waals surface area (Å²) in [4.78, 5) is 11.9. The first-order valence-corrected chi connectivity index (χ1v) is 7.35. The Labute approximate surface area is 120 Å². The van der Waals surface area contributed by atoms with E-state index in [1.54, 1.807) is 7.11 Å². The third-order valence-corrected chi connectivity index (χ3v) is 3.78. The van der Waals surface area contributed by atoms with Crippen molar-refractivity contribution in [3.63, 3.8) is 0 Å². The Morgan fingerprint density at radius 3 is 2.90 bits per heavy atom. The van der Waals surface area contributed by atoms with E-state index in [0.717, 1.165) is 24.1 Å². The third kappa shape index (κ3) is 4.62. The van der Waals surface area contributed by atoms with Crippen molar-refractivity contribution < 1.29 is 9.53 Å². The van der Waals surface area contributed by atoms with Crippen LogP contribution in [0.25, 0.3) is 0 Å². The zero-order valence-electron chi connectivity index (χ0n) is 12.2. The fraction of sp³-hybridized carbons (Fsp3) is 0.562. The van der Waals surface area contributed by atoms with Gasteiger partial charge >= 0.3 is 0 Å². The van der Waals surface area contributed by atoms with Crippen molar-refractivity contribution in [3.8, 4) is 0 Å². The van der Waals surface area contributed by atoms with Crippen molar-refractivity contribution in [1.82, 2.24) is 10.6 Å². The molecule has 1 unspecified atom stereocenters. The molecule has 0 radical (unpaired) electrons. The molecule has 0 saturated carbocycles. The average molecular weight is 276 g/mol. The number of ether oxygens (including phenoxy) is 1. The van der Waals surface area contributed by atoms with Crippen LogP contribution in [-0.4, -0.2) is 25.6 Å². The zero-order chi connectivity index (χ0) is 14.2. The number of carbonyl (C=O) groups excluding carboxylic acids is 1. The van der Waals surface area contributed by atoms with E-state index in [0.29, 0.717) is 25.6 Å². The van der Waals surface area contributed by atoms with Gasteiger partial charge in [0.2, 0.25) is 5.91 Å². The van der Waals surface area contributed by atoms with Gasteiger partial charge in [-0.2, -0.15) is 0 Å². The molecule has 1 aliphatic heterocycles. The van der Waals surface area contributed by atoms with E-state index >= 15 is 0 Å². The molecule has 4 nitrogen and oxygen atoms in total. The van der Waals surface area contributed by atoms with Crippen LogP contribution in [-0.2, 0) is 22.7 Å². The molecule has 0 aliphatic carbocycles. The van der Waals surface area contributed by atoms with Crippen LogP contribution in [0.1, 0.15) is 36.8 Å². The minimum absolute atomic E-state index is 0.130. The predicted octanol–water partition coefficient (Wildman–Crippen LogP) is 1.98. The van der Waals surface area contributed by atoms with E-state index in [1.807, 2.05) is 24.3 Å². The number of rotatable bonds is 7. The molecule has 2 rings (SSSR count). The van der Waals surface area contributed by atoms with Crippen LogP contribution >= 0.6 is 0 Å². The molecule has 1 amide bonds. The van der Waals surface area contributed by atoms with Crippen LogP contribution in [0, 0.1) is 0 Å². The summed E-state index contributed by atoms with van der Waals surface area (Å²) in [5, 5.41) is 6.41. The van der Waals surface area contributed by atoms with Gasteiger partial charge in [0.05, 0.1) is 6.61 Å². The quantitative estimate of drug-likeness (QED) is 0.800. The smallest absolute Gasteiger partial charge is 0.220 e. The van der Waals surface area contributed by atoms with E-state index in [1.165, 1.54) is 12.8 Å². The molecule has 1 heterocycles. The highest BCUT2D eigenvalue weighted by molar-refractivity contribution is 5.75. The normalized spacial score (nSPS) is 18.1. The monoisotopic (exact) mass is 276 g/mol. The lowest BCUT2D eigenvalue weighted by molar-refractivity contribution is -0.121. The van der Waals surface area contributed by atoms with Crippen LogP contribution in [0.2, 0.25) is 0 Å². The van der Waals surface area contributed by atoms with E-state index in [-0.39, 0.29) is 5.91 Å². The number of hydrogen-bond acceptors (Lipinski definition) is 3. The van der Waals surface area contributed by atoms with Crippen molar-refractivity contribution in [1.29, 1.82) is 0 Å². The topological polar surface area (TPSA) is 50.4 Å².